The van der Waals surface area contributed by atoms with Gasteiger partial charge in [-0.2, -0.15) is 0 Å². The molecule has 0 bridgehead atoms. The lowest BCUT2D eigenvalue weighted by Crippen LogP contribution is -2.39. The van der Waals surface area contributed by atoms with Crippen molar-refractivity contribution in [3.63, 3.8) is 0 Å². The summed E-state index contributed by atoms with van der Waals surface area (Å²) in [5.74, 6) is -0.0570. The summed E-state index contributed by atoms with van der Waals surface area (Å²) in [4.78, 5) is 13.5. The number of carbonyl (C=O) groups excluding carboxylic acids is 1. The zero-order valence-corrected chi connectivity index (χ0v) is 11.6. The van der Waals surface area contributed by atoms with E-state index in [2.05, 4.69) is 4.90 Å². The predicted octanol–water partition coefficient (Wildman–Crippen LogP) is 2.60. The van der Waals surface area contributed by atoms with E-state index < -0.39 is 0 Å². The van der Waals surface area contributed by atoms with Crippen LogP contribution in [0.15, 0.2) is 18.2 Å². The highest BCUT2D eigenvalue weighted by Gasteiger charge is 2.21. The average Bonchev–Trinajstić information content (AvgIpc) is 2.39. The molecule has 0 radical (unpaired) electrons. The van der Waals surface area contributed by atoms with Crippen LogP contribution in [-0.2, 0) is 4.74 Å². The van der Waals surface area contributed by atoms with E-state index in [9.17, 15) is 9.90 Å². The Morgan fingerprint density at radius 3 is 2.95 bits per heavy atom. The number of rotatable bonds is 4. The van der Waals surface area contributed by atoms with Crippen LogP contribution in [0.5, 0.6) is 5.75 Å². The Bertz CT molecular complexity index is 457. The molecule has 0 saturated carbocycles. The number of hydrogen-bond acceptors (Lipinski definition) is 4. The van der Waals surface area contributed by atoms with Crippen LogP contribution in [0.1, 0.15) is 37.0 Å². The van der Waals surface area contributed by atoms with Crippen molar-refractivity contribution in [2.45, 2.75) is 32.8 Å². The summed E-state index contributed by atoms with van der Waals surface area (Å²) in [6, 6.07) is 5.26. The molecule has 1 saturated heterocycles. The van der Waals surface area contributed by atoms with Crippen LogP contribution in [0, 0.1) is 0 Å². The fraction of sp³-hybridized carbons (Fsp3) is 0.533. The zero-order valence-electron chi connectivity index (χ0n) is 11.6. The van der Waals surface area contributed by atoms with Gasteiger partial charge < -0.3 is 14.7 Å². The maximum atomic E-state index is 11.3. The number of Topliss-reactive ketones (excluding diaryl/α,β-unsaturated/α-hetero) is 1. The number of benzene rings is 1. The number of phenols is 1. The molecule has 4 nitrogen and oxygen atoms in total. The largest absolute Gasteiger partial charge is 0.507 e. The second kappa shape index (κ2) is 6.06. The molecule has 1 aliphatic rings. The summed E-state index contributed by atoms with van der Waals surface area (Å²) in [5.41, 5.74) is 1.33. The van der Waals surface area contributed by atoms with E-state index in [1.807, 2.05) is 13.0 Å². The minimum atomic E-state index is -0.116. The molecule has 0 amide bonds. The standard InChI is InChI=1S/C15H21NO3/c1-3-19-13-5-4-8-16(10-13)12-6-7-14(11(2)17)15(18)9-12/h6-7,9,13,18H,3-5,8,10H2,1-2H3. The molecular formula is C15H21NO3. The Labute approximate surface area is 114 Å². The molecule has 4 heteroatoms. The zero-order chi connectivity index (χ0) is 13.8. The third-order valence-electron chi connectivity index (χ3n) is 3.51. The lowest BCUT2D eigenvalue weighted by molar-refractivity contribution is 0.0526. The molecule has 0 aromatic heterocycles. The lowest BCUT2D eigenvalue weighted by atomic mass is 10.1. The van der Waals surface area contributed by atoms with Gasteiger partial charge in [0, 0.05) is 31.5 Å². The Hall–Kier alpha value is -1.55. The quantitative estimate of drug-likeness (QED) is 0.848. The van der Waals surface area contributed by atoms with Crippen LogP contribution in [0.4, 0.5) is 5.69 Å². The predicted molar refractivity (Wildman–Crippen MR) is 75.0 cm³/mol. The molecule has 1 unspecified atom stereocenters. The van der Waals surface area contributed by atoms with Gasteiger partial charge in [-0.05, 0) is 38.8 Å². The molecule has 1 fully saturated rings. The van der Waals surface area contributed by atoms with Gasteiger partial charge in [-0.25, -0.2) is 0 Å². The highest BCUT2D eigenvalue weighted by Crippen LogP contribution is 2.27. The van der Waals surface area contributed by atoms with E-state index in [0.717, 1.165) is 38.2 Å². The van der Waals surface area contributed by atoms with Gasteiger partial charge in [0.2, 0.25) is 0 Å². The number of ether oxygens (including phenoxy) is 1. The van der Waals surface area contributed by atoms with Crippen LogP contribution in [0.2, 0.25) is 0 Å². The second-order valence-electron chi connectivity index (χ2n) is 4.92. The number of nitrogens with zero attached hydrogens (tertiary/aromatic N) is 1. The van der Waals surface area contributed by atoms with Gasteiger partial charge in [0.25, 0.3) is 0 Å². The van der Waals surface area contributed by atoms with Crippen LogP contribution >= 0.6 is 0 Å². The van der Waals surface area contributed by atoms with E-state index in [1.165, 1.54) is 6.92 Å². The van der Waals surface area contributed by atoms with E-state index in [1.54, 1.807) is 12.1 Å². The van der Waals surface area contributed by atoms with Crippen LogP contribution in [0.25, 0.3) is 0 Å². The number of carbonyl (C=O) groups is 1. The summed E-state index contributed by atoms with van der Waals surface area (Å²) >= 11 is 0. The molecule has 1 aromatic carbocycles. The molecular weight excluding hydrogens is 242 g/mol. The number of phenolic OH excluding ortho intramolecular Hbond substituents is 1. The third kappa shape index (κ3) is 3.26. The minimum Gasteiger partial charge on any atom is -0.507 e. The van der Waals surface area contributed by atoms with Gasteiger partial charge in [-0.15, -0.1) is 0 Å². The molecule has 19 heavy (non-hydrogen) atoms. The van der Waals surface area contributed by atoms with Gasteiger partial charge in [0.05, 0.1) is 11.7 Å². The van der Waals surface area contributed by atoms with Crippen LogP contribution in [0.3, 0.4) is 0 Å². The van der Waals surface area contributed by atoms with E-state index in [0.29, 0.717) is 5.56 Å². The van der Waals surface area contributed by atoms with Crippen molar-refractivity contribution in [2.75, 3.05) is 24.6 Å². The molecule has 1 aromatic rings. The number of piperidine rings is 1. The summed E-state index contributed by atoms with van der Waals surface area (Å²) in [6.07, 6.45) is 2.43. The first-order valence-corrected chi connectivity index (χ1v) is 6.82. The molecule has 1 aliphatic heterocycles. The number of ketones is 1. The van der Waals surface area contributed by atoms with Crippen molar-refractivity contribution >= 4 is 11.5 Å². The first kappa shape index (κ1) is 13.9. The van der Waals surface area contributed by atoms with Gasteiger partial charge in [-0.3, -0.25) is 4.79 Å². The monoisotopic (exact) mass is 263 g/mol. The molecule has 1 atom stereocenters. The van der Waals surface area contributed by atoms with Crippen molar-refractivity contribution in [3.05, 3.63) is 23.8 Å². The van der Waals surface area contributed by atoms with Gasteiger partial charge >= 0.3 is 0 Å². The maximum Gasteiger partial charge on any atom is 0.163 e. The van der Waals surface area contributed by atoms with Crippen molar-refractivity contribution < 1.29 is 14.6 Å². The van der Waals surface area contributed by atoms with Crippen molar-refractivity contribution in [1.29, 1.82) is 0 Å². The molecule has 2 rings (SSSR count). The van der Waals surface area contributed by atoms with E-state index in [4.69, 9.17) is 4.74 Å². The van der Waals surface area contributed by atoms with Crippen molar-refractivity contribution in [3.8, 4) is 5.75 Å². The average molecular weight is 263 g/mol. The number of anilines is 1. The molecule has 0 spiro atoms. The third-order valence-corrected chi connectivity index (χ3v) is 3.51. The van der Waals surface area contributed by atoms with E-state index in [-0.39, 0.29) is 17.6 Å². The number of hydrogen-bond donors (Lipinski definition) is 1. The minimum absolute atomic E-state index is 0.0588. The maximum absolute atomic E-state index is 11.3. The summed E-state index contributed by atoms with van der Waals surface area (Å²) in [5, 5.41) is 9.88. The Morgan fingerprint density at radius 2 is 2.32 bits per heavy atom. The van der Waals surface area contributed by atoms with Crippen LogP contribution in [-0.4, -0.2) is 36.7 Å². The summed E-state index contributed by atoms with van der Waals surface area (Å²) in [7, 11) is 0. The molecule has 0 aliphatic carbocycles. The Balaban J connectivity index is 2.13. The molecule has 104 valence electrons. The smallest absolute Gasteiger partial charge is 0.163 e. The van der Waals surface area contributed by atoms with Gasteiger partial charge in [0.15, 0.2) is 5.78 Å². The number of aromatic hydroxyl groups is 1. The van der Waals surface area contributed by atoms with Gasteiger partial charge in [0.1, 0.15) is 5.75 Å². The fourth-order valence-corrected chi connectivity index (χ4v) is 2.56. The second-order valence-corrected chi connectivity index (χ2v) is 4.92. The molecule has 1 N–H and O–H groups in total. The lowest BCUT2D eigenvalue weighted by Gasteiger charge is -2.34. The highest BCUT2D eigenvalue weighted by atomic mass is 16.5. The highest BCUT2D eigenvalue weighted by molar-refractivity contribution is 5.97. The van der Waals surface area contributed by atoms with Crippen LogP contribution < -0.4 is 4.90 Å². The Kier molecular flexibility index (Phi) is 4.43. The topological polar surface area (TPSA) is 49.8 Å². The van der Waals surface area contributed by atoms with Gasteiger partial charge in [-0.1, -0.05) is 0 Å². The van der Waals surface area contributed by atoms with Crippen molar-refractivity contribution in [2.24, 2.45) is 0 Å². The first-order chi connectivity index (χ1) is 9.11. The fourth-order valence-electron chi connectivity index (χ4n) is 2.56. The Morgan fingerprint density at radius 1 is 1.53 bits per heavy atom. The van der Waals surface area contributed by atoms with E-state index >= 15 is 0 Å². The first-order valence-electron chi connectivity index (χ1n) is 6.82. The van der Waals surface area contributed by atoms with Crippen molar-refractivity contribution in [1.82, 2.24) is 0 Å². The normalized spacial score (nSPS) is 19.5. The summed E-state index contributed by atoms with van der Waals surface area (Å²) < 4.78 is 5.67. The summed E-state index contributed by atoms with van der Waals surface area (Å²) in [6.45, 7) is 6.00. The molecule has 1 heterocycles. The SMILES string of the molecule is CCOC1CCCN(c2ccc(C(C)=O)c(O)c2)C1.